The van der Waals surface area contributed by atoms with Crippen LogP contribution in [0.4, 0.5) is 5.69 Å². The van der Waals surface area contributed by atoms with E-state index in [2.05, 4.69) is 30.4 Å². The molecule has 3 fully saturated rings. The van der Waals surface area contributed by atoms with Crippen LogP contribution in [-0.4, -0.2) is 72.0 Å². The van der Waals surface area contributed by atoms with Crippen molar-refractivity contribution in [3.63, 3.8) is 0 Å². The minimum atomic E-state index is -0.241. The zero-order chi connectivity index (χ0) is 23.0. The summed E-state index contributed by atoms with van der Waals surface area (Å²) in [6.07, 6.45) is 8.80. The van der Waals surface area contributed by atoms with Crippen molar-refractivity contribution < 1.29 is 9.53 Å². The van der Waals surface area contributed by atoms with Gasteiger partial charge in [0.15, 0.2) is 0 Å². The number of pyridine rings is 2. The van der Waals surface area contributed by atoms with E-state index >= 15 is 0 Å². The van der Waals surface area contributed by atoms with Gasteiger partial charge in [-0.3, -0.25) is 24.2 Å². The molecule has 11 nitrogen and oxygen atoms in total. The lowest BCUT2D eigenvalue weighted by Gasteiger charge is -2.46. The Balaban J connectivity index is 1.20. The van der Waals surface area contributed by atoms with Crippen LogP contribution in [-0.2, 0) is 16.6 Å². The molecule has 8 rings (SSSR count). The van der Waals surface area contributed by atoms with Crippen molar-refractivity contribution in [2.75, 3.05) is 25.0 Å². The second kappa shape index (κ2) is 7.19. The summed E-state index contributed by atoms with van der Waals surface area (Å²) < 4.78 is 9.07. The number of aromatic amines is 1. The van der Waals surface area contributed by atoms with E-state index in [4.69, 9.17) is 4.74 Å². The summed E-state index contributed by atoms with van der Waals surface area (Å²) in [6, 6.07) is 1.73. The van der Waals surface area contributed by atoms with Gasteiger partial charge in [-0.05, 0) is 6.07 Å². The van der Waals surface area contributed by atoms with Crippen LogP contribution >= 0.6 is 11.3 Å². The molecular weight excluding hydrogens is 456 g/mol. The van der Waals surface area contributed by atoms with Crippen molar-refractivity contribution in [2.24, 2.45) is 7.05 Å². The van der Waals surface area contributed by atoms with Gasteiger partial charge in [0.2, 0.25) is 5.91 Å². The van der Waals surface area contributed by atoms with Crippen LogP contribution in [0.2, 0.25) is 0 Å². The normalized spacial score (nSPS) is 20.3. The first-order chi connectivity index (χ1) is 16.5. The van der Waals surface area contributed by atoms with Gasteiger partial charge in [0.1, 0.15) is 21.3 Å². The zero-order valence-electron chi connectivity index (χ0n) is 18.2. The molecule has 2 unspecified atom stereocenters. The van der Waals surface area contributed by atoms with Gasteiger partial charge in [-0.1, -0.05) is 0 Å². The Hall–Kier alpha value is -3.61. The molecule has 2 bridgehead atoms. The average molecular weight is 477 g/mol. The second-order valence-electron chi connectivity index (χ2n) is 8.90. The Morgan fingerprint density at radius 2 is 2.09 bits per heavy atom. The van der Waals surface area contributed by atoms with E-state index in [9.17, 15) is 9.59 Å². The number of anilines is 1. The van der Waals surface area contributed by atoms with Crippen molar-refractivity contribution in [1.29, 1.82) is 0 Å². The third-order valence-electron chi connectivity index (χ3n) is 6.37. The molecule has 172 valence electrons. The fourth-order valence-electron chi connectivity index (χ4n) is 4.87. The minimum Gasteiger partial charge on any atom is -0.372 e. The Morgan fingerprint density at radius 1 is 1.26 bits per heavy atom. The van der Waals surface area contributed by atoms with Crippen LogP contribution in [0.15, 0.2) is 35.6 Å². The maximum absolute atomic E-state index is 13.0. The quantitative estimate of drug-likeness (QED) is 0.404. The predicted molar refractivity (Wildman–Crippen MR) is 127 cm³/mol. The number of hydrogen-bond donors (Lipinski definition) is 2. The number of hydrogen-bond acceptors (Lipinski definition) is 8. The first kappa shape index (κ1) is 19.8. The van der Waals surface area contributed by atoms with Gasteiger partial charge in [-0.2, -0.15) is 10.2 Å². The molecule has 0 spiro atoms. The number of ether oxygens (including phenoxy) is 1. The molecule has 8 heterocycles. The number of carbonyl (C=O) groups is 1. The monoisotopic (exact) mass is 476 g/mol. The van der Waals surface area contributed by atoms with Gasteiger partial charge >= 0.3 is 0 Å². The molecule has 0 aliphatic carbocycles. The van der Waals surface area contributed by atoms with Crippen LogP contribution < -0.4 is 10.9 Å². The lowest BCUT2D eigenvalue weighted by molar-refractivity contribution is -0.181. The molecule has 5 aromatic heterocycles. The Labute approximate surface area is 195 Å². The van der Waals surface area contributed by atoms with Gasteiger partial charge in [0.25, 0.3) is 5.56 Å². The largest absolute Gasteiger partial charge is 0.372 e. The molecule has 3 aliphatic rings. The summed E-state index contributed by atoms with van der Waals surface area (Å²) in [5, 5.41) is 12.3. The number of aryl methyl sites for hydroxylation is 1. The number of piperidine rings is 1. The summed E-state index contributed by atoms with van der Waals surface area (Å²) in [4.78, 5) is 36.8. The number of carbonyl (C=O) groups excluding carboxylic acids is 1. The molecule has 12 heteroatoms. The molecule has 0 radical (unpaired) electrons. The van der Waals surface area contributed by atoms with Gasteiger partial charge in [0.05, 0.1) is 47.2 Å². The lowest BCUT2D eigenvalue weighted by Crippen LogP contribution is -2.58. The zero-order valence-corrected chi connectivity index (χ0v) is 19.0. The molecule has 2 N–H and O–H groups in total. The molecule has 34 heavy (non-hydrogen) atoms. The van der Waals surface area contributed by atoms with Crippen LogP contribution in [0.3, 0.4) is 0 Å². The van der Waals surface area contributed by atoms with E-state index in [-0.39, 0.29) is 23.7 Å². The molecule has 3 saturated heterocycles. The van der Waals surface area contributed by atoms with Crippen molar-refractivity contribution in [2.45, 2.75) is 18.6 Å². The summed E-state index contributed by atoms with van der Waals surface area (Å²) in [5.41, 5.74) is 2.91. The van der Waals surface area contributed by atoms with Gasteiger partial charge in [-0.15, -0.1) is 11.3 Å². The van der Waals surface area contributed by atoms with Crippen LogP contribution in [0.25, 0.3) is 37.2 Å². The Morgan fingerprint density at radius 3 is 2.85 bits per heavy atom. The Bertz CT molecular complexity index is 1650. The fraction of sp³-hybridized carbons (Fsp3) is 0.318. The molecule has 0 saturated carbocycles. The van der Waals surface area contributed by atoms with Gasteiger partial charge in [0, 0.05) is 44.5 Å². The first-order valence-corrected chi connectivity index (χ1v) is 11.8. The van der Waals surface area contributed by atoms with Crippen molar-refractivity contribution >= 4 is 49.7 Å². The van der Waals surface area contributed by atoms with Crippen LogP contribution in [0.1, 0.15) is 6.42 Å². The van der Waals surface area contributed by atoms with Crippen molar-refractivity contribution in [1.82, 2.24) is 34.3 Å². The molecular formula is C22H20N8O3S. The topological polar surface area (TPSA) is 122 Å². The van der Waals surface area contributed by atoms with Gasteiger partial charge in [-0.25, -0.2) is 4.52 Å². The standard InChI is InChI=1S/C22H20N8O3S/c1-28-6-11(4-24-28)16-9-30-22(34-16)18-20(27-30)19-15(26-21(18)32)2-12(5-23-19)25-17(31)10-29-7-13-3-14(8-29)33-13/h2,4-6,9,13-14H,3,7-8,10H2,1H3,(H,25,31)(H,26,32). The Kier molecular flexibility index (Phi) is 4.19. The SMILES string of the molecule is Cn1cc(-c2cn3nc4c5ncc(NC(=O)CN6CC7CC(C6)O7)cc5[nH]c(=O)c4c3s2)cn1. The van der Waals surface area contributed by atoms with Crippen molar-refractivity contribution in [3.8, 4) is 10.4 Å². The molecule has 0 aromatic carbocycles. The number of fused-ring (bicyclic) bond motifs is 7. The van der Waals surface area contributed by atoms with E-state index in [1.54, 1.807) is 27.7 Å². The van der Waals surface area contributed by atoms with E-state index in [1.807, 2.05) is 19.4 Å². The molecule has 2 atom stereocenters. The maximum Gasteiger partial charge on any atom is 0.261 e. The second-order valence-corrected chi connectivity index (χ2v) is 9.93. The number of nitrogens with one attached hydrogen (secondary N) is 2. The number of rotatable bonds is 4. The maximum atomic E-state index is 13.0. The smallest absolute Gasteiger partial charge is 0.261 e. The predicted octanol–water partition coefficient (Wildman–Crippen LogP) is 1.60. The van der Waals surface area contributed by atoms with Crippen molar-refractivity contribution in [3.05, 3.63) is 41.2 Å². The van der Waals surface area contributed by atoms with Crippen LogP contribution in [0, 0.1) is 0 Å². The van der Waals surface area contributed by atoms with E-state index in [0.29, 0.717) is 34.2 Å². The summed E-state index contributed by atoms with van der Waals surface area (Å²) in [6.45, 7) is 1.87. The third kappa shape index (κ3) is 3.14. The lowest BCUT2D eigenvalue weighted by atomic mass is 9.99. The number of nitrogens with zero attached hydrogens (tertiary/aromatic N) is 6. The highest BCUT2D eigenvalue weighted by Crippen LogP contribution is 2.33. The van der Waals surface area contributed by atoms with E-state index in [0.717, 1.165) is 34.8 Å². The highest BCUT2D eigenvalue weighted by Gasteiger charge is 2.38. The highest BCUT2D eigenvalue weighted by atomic mass is 32.1. The first-order valence-electron chi connectivity index (χ1n) is 11.0. The molecule has 5 aromatic rings. The number of amides is 1. The third-order valence-corrected chi connectivity index (χ3v) is 7.52. The molecule has 3 aliphatic heterocycles. The number of morpholine rings is 1. The highest BCUT2D eigenvalue weighted by molar-refractivity contribution is 7.21. The van der Waals surface area contributed by atoms with E-state index < -0.39 is 0 Å². The fourth-order valence-corrected chi connectivity index (χ4v) is 5.94. The summed E-state index contributed by atoms with van der Waals surface area (Å²) in [5.74, 6) is -0.115. The minimum absolute atomic E-state index is 0.115. The molecule has 1 amide bonds. The summed E-state index contributed by atoms with van der Waals surface area (Å²) in [7, 11) is 1.86. The van der Waals surface area contributed by atoms with Gasteiger partial charge < -0.3 is 15.0 Å². The summed E-state index contributed by atoms with van der Waals surface area (Å²) >= 11 is 1.48. The number of H-pyrrole nitrogens is 1. The number of aromatic nitrogens is 6. The number of thiazole rings is 1. The average Bonchev–Trinajstić information content (AvgIpc) is 3.47. The van der Waals surface area contributed by atoms with Crippen LogP contribution in [0.5, 0.6) is 0 Å². The van der Waals surface area contributed by atoms with E-state index in [1.165, 1.54) is 11.3 Å².